The summed E-state index contributed by atoms with van der Waals surface area (Å²) in [6.07, 6.45) is -1.64. The molecule has 1 heterocycles. The highest BCUT2D eigenvalue weighted by atomic mass is 79.9. The molecule has 60 valence electrons. The van der Waals surface area contributed by atoms with Crippen molar-refractivity contribution in [1.29, 1.82) is 0 Å². The fourth-order valence-corrected chi connectivity index (χ4v) is 1.03. The molecule has 0 aliphatic rings. The van der Waals surface area contributed by atoms with Crippen molar-refractivity contribution in [3.05, 3.63) is 21.6 Å². The van der Waals surface area contributed by atoms with Gasteiger partial charge >= 0.3 is 0 Å². The summed E-state index contributed by atoms with van der Waals surface area (Å²) < 4.78 is 24.1. The maximum Gasteiger partial charge on any atom is 0.281 e. The minimum Gasteiger partial charge on any atom is -0.234 e. The Kier molecular flexibility index (Phi) is 2.72. The van der Waals surface area contributed by atoms with Crippen LogP contribution < -0.4 is 0 Å². The third-order valence-electron chi connectivity index (χ3n) is 0.981. The number of halogens is 4. The van der Waals surface area contributed by atoms with E-state index >= 15 is 0 Å². The second-order valence-corrected chi connectivity index (χ2v) is 2.82. The van der Waals surface area contributed by atoms with E-state index in [2.05, 4.69) is 25.9 Å². The predicted octanol–water partition coefficient (Wildman–Crippen LogP) is 2.83. The number of rotatable bonds is 1. The normalized spacial score (nSPS) is 10.6. The van der Waals surface area contributed by atoms with Gasteiger partial charge in [-0.1, -0.05) is 11.6 Å². The standard InChI is InChI=1S/C5H2BrClF2N2/c6-2-3(5(8)9)10-1-11-4(2)7/h1,5H. The second-order valence-electron chi connectivity index (χ2n) is 1.66. The van der Waals surface area contributed by atoms with Crippen molar-refractivity contribution >= 4 is 27.5 Å². The second kappa shape index (κ2) is 3.40. The first-order valence-electron chi connectivity index (χ1n) is 2.57. The van der Waals surface area contributed by atoms with Gasteiger partial charge in [-0.15, -0.1) is 0 Å². The average Bonchev–Trinajstić information content (AvgIpc) is 1.94. The van der Waals surface area contributed by atoms with Gasteiger partial charge in [-0.2, -0.15) is 0 Å². The van der Waals surface area contributed by atoms with Crippen LogP contribution in [-0.4, -0.2) is 9.97 Å². The quantitative estimate of drug-likeness (QED) is 0.709. The van der Waals surface area contributed by atoms with Crippen LogP contribution in [0, 0.1) is 0 Å². The van der Waals surface area contributed by atoms with Crippen LogP contribution in [0.5, 0.6) is 0 Å². The Morgan fingerprint density at radius 1 is 1.45 bits per heavy atom. The van der Waals surface area contributed by atoms with E-state index in [0.717, 1.165) is 6.33 Å². The molecular formula is C5H2BrClF2N2. The fraction of sp³-hybridized carbons (Fsp3) is 0.200. The summed E-state index contributed by atoms with van der Waals surface area (Å²) in [5, 5.41) is -0.00435. The van der Waals surface area contributed by atoms with Crippen LogP contribution in [0.15, 0.2) is 10.8 Å². The minimum atomic E-state index is -2.63. The van der Waals surface area contributed by atoms with Crippen molar-refractivity contribution in [2.45, 2.75) is 6.43 Å². The Bertz CT molecular complexity index is 269. The van der Waals surface area contributed by atoms with Gasteiger partial charge in [-0.05, 0) is 15.9 Å². The zero-order valence-electron chi connectivity index (χ0n) is 5.06. The zero-order valence-corrected chi connectivity index (χ0v) is 7.40. The molecule has 0 unspecified atom stereocenters. The van der Waals surface area contributed by atoms with Gasteiger partial charge in [-0.3, -0.25) is 0 Å². The monoisotopic (exact) mass is 242 g/mol. The molecule has 6 heteroatoms. The summed E-state index contributed by atoms with van der Waals surface area (Å²) in [5.74, 6) is 0. The van der Waals surface area contributed by atoms with Crippen LogP contribution in [0.2, 0.25) is 5.15 Å². The van der Waals surface area contributed by atoms with E-state index in [0.29, 0.717) is 0 Å². The van der Waals surface area contributed by atoms with E-state index in [4.69, 9.17) is 11.6 Å². The van der Waals surface area contributed by atoms with Crippen molar-refractivity contribution < 1.29 is 8.78 Å². The first kappa shape index (κ1) is 8.80. The molecule has 0 aliphatic heterocycles. The largest absolute Gasteiger partial charge is 0.281 e. The van der Waals surface area contributed by atoms with Crippen molar-refractivity contribution in [1.82, 2.24) is 9.97 Å². The number of hydrogen-bond acceptors (Lipinski definition) is 2. The van der Waals surface area contributed by atoms with E-state index in [-0.39, 0.29) is 15.3 Å². The molecular weight excluding hydrogens is 241 g/mol. The smallest absolute Gasteiger partial charge is 0.234 e. The summed E-state index contributed by atoms with van der Waals surface area (Å²) in [4.78, 5) is 6.84. The van der Waals surface area contributed by atoms with Crippen LogP contribution in [0.4, 0.5) is 8.78 Å². The van der Waals surface area contributed by atoms with E-state index in [1.54, 1.807) is 0 Å². The summed E-state index contributed by atoms with van der Waals surface area (Å²) in [6, 6.07) is 0. The van der Waals surface area contributed by atoms with Crippen LogP contribution in [0.25, 0.3) is 0 Å². The molecule has 1 aromatic rings. The lowest BCUT2D eigenvalue weighted by atomic mass is 10.4. The van der Waals surface area contributed by atoms with Crippen molar-refractivity contribution in [3.8, 4) is 0 Å². The molecule has 11 heavy (non-hydrogen) atoms. The number of nitrogens with zero attached hydrogens (tertiary/aromatic N) is 2. The lowest BCUT2D eigenvalue weighted by Gasteiger charge is -2.00. The van der Waals surface area contributed by atoms with Gasteiger partial charge in [0.1, 0.15) is 17.2 Å². The molecule has 0 saturated heterocycles. The van der Waals surface area contributed by atoms with E-state index in [1.165, 1.54) is 0 Å². The molecule has 0 radical (unpaired) electrons. The zero-order chi connectivity index (χ0) is 8.43. The summed E-state index contributed by atoms with van der Waals surface area (Å²) in [6.45, 7) is 0. The molecule has 0 fully saturated rings. The van der Waals surface area contributed by atoms with Crippen LogP contribution in [0.1, 0.15) is 12.1 Å². The third kappa shape index (κ3) is 1.84. The van der Waals surface area contributed by atoms with Gasteiger partial charge in [0.15, 0.2) is 0 Å². The molecule has 2 nitrogen and oxygen atoms in total. The molecule has 0 N–H and O–H groups in total. The molecule has 1 aromatic heterocycles. The molecule has 0 bridgehead atoms. The number of aromatic nitrogens is 2. The topological polar surface area (TPSA) is 25.8 Å². The van der Waals surface area contributed by atoms with Gasteiger partial charge in [-0.25, -0.2) is 18.7 Å². The molecule has 0 aromatic carbocycles. The first-order chi connectivity index (χ1) is 5.13. The van der Waals surface area contributed by atoms with Gasteiger partial charge in [0.05, 0.1) is 4.47 Å². The van der Waals surface area contributed by atoms with Crippen LogP contribution in [0.3, 0.4) is 0 Å². The van der Waals surface area contributed by atoms with E-state index in [9.17, 15) is 8.78 Å². The lowest BCUT2D eigenvalue weighted by molar-refractivity contribution is 0.145. The Labute approximate surface area is 74.7 Å². The maximum atomic E-state index is 12.0. The summed E-state index contributed by atoms with van der Waals surface area (Å²) in [7, 11) is 0. The molecule has 0 amide bonds. The SMILES string of the molecule is FC(F)c1ncnc(Cl)c1Br. The van der Waals surface area contributed by atoms with Crippen LogP contribution >= 0.6 is 27.5 Å². The molecule has 1 rings (SSSR count). The van der Waals surface area contributed by atoms with Crippen molar-refractivity contribution in [2.24, 2.45) is 0 Å². The van der Waals surface area contributed by atoms with E-state index < -0.39 is 6.43 Å². The average molecular weight is 243 g/mol. The molecule has 0 spiro atoms. The van der Waals surface area contributed by atoms with Gasteiger partial charge < -0.3 is 0 Å². The Balaban J connectivity index is 3.17. The molecule has 0 atom stereocenters. The van der Waals surface area contributed by atoms with Crippen molar-refractivity contribution in [3.63, 3.8) is 0 Å². The van der Waals surface area contributed by atoms with Gasteiger partial charge in [0, 0.05) is 0 Å². The fourth-order valence-electron chi connectivity index (χ4n) is 0.513. The summed E-state index contributed by atoms with van der Waals surface area (Å²) >= 11 is 8.27. The Hall–Kier alpha value is -0.290. The number of hydrogen-bond donors (Lipinski definition) is 0. The minimum absolute atomic E-state index is 0.00435. The third-order valence-corrected chi connectivity index (χ3v) is 2.28. The van der Waals surface area contributed by atoms with Crippen LogP contribution in [-0.2, 0) is 0 Å². The first-order valence-corrected chi connectivity index (χ1v) is 3.74. The number of alkyl halides is 2. The molecule has 0 aliphatic carbocycles. The highest BCUT2D eigenvalue weighted by Crippen LogP contribution is 2.28. The highest BCUT2D eigenvalue weighted by molar-refractivity contribution is 9.10. The Morgan fingerprint density at radius 2 is 2.09 bits per heavy atom. The summed E-state index contributed by atoms with van der Waals surface area (Å²) in [5.41, 5.74) is -0.384. The van der Waals surface area contributed by atoms with Crippen molar-refractivity contribution in [2.75, 3.05) is 0 Å². The maximum absolute atomic E-state index is 12.0. The molecule has 0 saturated carbocycles. The van der Waals surface area contributed by atoms with Gasteiger partial charge in [0.25, 0.3) is 6.43 Å². The highest BCUT2D eigenvalue weighted by Gasteiger charge is 2.15. The van der Waals surface area contributed by atoms with Gasteiger partial charge in [0.2, 0.25) is 0 Å². The van der Waals surface area contributed by atoms with E-state index in [1.807, 2.05) is 0 Å². The predicted molar refractivity (Wildman–Crippen MR) is 39.7 cm³/mol. The lowest BCUT2D eigenvalue weighted by Crippen LogP contribution is -1.93. The Morgan fingerprint density at radius 3 is 2.55 bits per heavy atom.